The van der Waals surface area contributed by atoms with Crippen molar-refractivity contribution in [3.8, 4) is 17.2 Å². The number of hydrogen-bond acceptors (Lipinski definition) is 5. The Kier molecular flexibility index (Phi) is 6.01. The van der Waals surface area contributed by atoms with Gasteiger partial charge in [0, 0.05) is 22.7 Å². The van der Waals surface area contributed by atoms with E-state index in [0.29, 0.717) is 33.5 Å². The molecule has 1 heterocycles. The molecule has 0 fully saturated rings. The maximum absolute atomic E-state index is 12.4. The Labute approximate surface area is 167 Å². The minimum absolute atomic E-state index is 0.317. The third kappa shape index (κ3) is 4.18. The van der Waals surface area contributed by atoms with Gasteiger partial charge in [0.15, 0.2) is 11.5 Å². The summed E-state index contributed by atoms with van der Waals surface area (Å²) in [5, 5.41) is 4.18. The van der Waals surface area contributed by atoms with Crippen LogP contribution >= 0.6 is 11.6 Å². The van der Waals surface area contributed by atoms with Crippen molar-refractivity contribution in [2.24, 2.45) is 0 Å². The Bertz CT molecular complexity index is 1020. The Morgan fingerprint density at radius 2 is 1.79 bits per heavy atom. The number of benzene rings is 2. The third-order valence-electron chi connectivity index (χ3n) is 4.04. The summed E-state index contributed by atoms with van der Waals surface area (Å²) in [6, 6.07) is 10.7. The molecule has 1 amide bonds. The standard InChI is InChI=1S/C21H19ClN2O4/c1-26-17-9-13(10-18(27-2)21(17)28-3)6-7-19(25)24-16-12-15(22)11-14-5-4-8-23-20(14)16/h4-12H,1-3H3,(H,24,25)/b7-6+. The molecule has 0 spiro atoms. The Hall–Kier alpha value is -3.25. The van der Waals surface area contributed by atoms with E-state index in [4.69, 9.17) is 25.8 Å². The van der Waals surface area contributed by atoms with Crippen LogP contribution in [0.4, 0.5) is 5.69 Å². The molecule has 1 aromatic heterocycles. The number of fused-ring (bicyclic) bond motifs is 1. The van der Waals surface area contributed by atoms with Crippen molar-refractivity contribution in [2.45, 2.75) is 0 Å². The van der Waals surface area contributed by atoms with Crippen molar-refractivity contribution >= 4 is 40.2 Å². The van der Waals surface area contributed by atoms with Gasteiger partial charge in [-0.15, -0.1) is 0 Å². The van der Waals surface area contributed by atoms with Gasteiger partial charge in [0.2, 0.25) is 11.7 Å². The van der Waals surface area contributed by atoms with E-state index in [0.717, 1.165) is 10.9 Å². The minimum atomic E-state index is -0.317. The molecule has 6 nitrogen and oxygen atoms in total. The topological polar surface area (TPSA) is 69.7 Å². The molecular formula is C21H19ClN2O4. The number of nitrogens with zero attached hydrogens (tertiary/aromatic N) is 1. The van der Waals surface area contributed by atoms with E-state index >= 15 is 0 Å². The van der Waals surface area contributed by atoms with Crippen LogP contribution in [-0.4, -0.2) is 32.2 Å². The maximum atomic E-state index is 12.4. The molecule has 0 aliphatic carbocycles. The van der Waals surface area contributed by atoms with Gasteiger partial charge in [0.1, 0.15) is 0 Å². The van der Waals surface area contributed by atoms with E-state index in [9.17, 15) is 4.79 Å². The van der Waals surface area contributed by atoms with Gasteiger partial charge in [-0.1, -0.05) is 17.7 Å². The van der Waals surface area contributed by atoms with Crippen LogP contribution in [0.15, 0.2) is 48.7 Å². The second kappa shape index (κ2) is 8.63. The lowest BCUT2D eigenvalue weighted by Crippen LogP contribution is -2.08. The van der Waals surface area contributed by atoms with Crippen LogP contribution in [0.5, 0.6) is 17.2 Å². The number of rotatable bonds is 6. The highest BCUT2D eigenvalue weighted by molar-refractivity contribution is 6.32. The summed E-state index contributed by atoms with van der Waals surface area (Å²) in [5.74, 6) is 1.19. The van der Waals surface area contributed by atoms with Gasteiger partial charge in [-0.25, -0.2) is 0 Å². The summed E-state index contributed by atoms with van der Waals surface area (Å²) < 4.78 is 15.9. The zero-order valence-electron chi connectivity index (χ0n) is 15.7. The fourth-order valence-corrected chi connectivity index (χ4v) is 3.02. The molecule has 28 heavy (non-hydrogen) atoms. The summed E-state index contributed by atoms with van der Waals surface area (Å²) >= 11 is 6.14. The van der Waals surface area contributed by atoms with E-state index in [-0.39, 0.29) is 5.91 Å². The van der Waals surface area contributed by atoms with Gasteiger partial charge in [0.05, 0.1) is 32.5 Å². The number of aromatic nitrogens is 1. The summed E-state index contributed by atoms with van der Waals surface area (Å²) in [5.41, 5.74) is 1.93. The fourth-order valence-electron chi connectivity index (χ4n) is 2.79. The Morgan fingerprint density at radius 1 is 1.07 bits per heavy atom. The number of amides is 1. The first kappa shape index (κ1) is 19.5. The number of hydrogen-bond donors (Lipinski definition) is 1. The number of nitrogens with one attached hydrogen (secondary N) is 1. The molecule has 0 radical (unpaired) electrons. The van der Waals surface area contributed by atoms with Gasteiger partial charge >= 0.3 is 0 Å². The molecule has 0 saturated heterocycles. The van der Waals surface area contributed by atoms with Gasteiger partial charge in [-0.05, 0) is 42.0 Å². The molecule has 0 aliphatic heterocycles. The van der Waals surface area contributed by atoms with E-state index in [1.807, 2.05) is 12.1 Å². The second-order valence-corrected chi connectivity index (χ2v) is 6.25. The first-order valence-corrected chi connectivity index (χ1v) is 8.77. The number of methoxy groups -OCH3 is 3. The molecular weight excluding hydrogens is 380 g/mol. The summed E-state index contributed by atoms with van der Waals surface area (Å²) in [6.45, 7) is 0. The van der Waals surface area contributed by atoms with Gasteiger partial charge in [0.25, 0.3) is 0 Å². The third-order valence-corrected chi connectivity index (χ3v) is 4.26. The highest BCUT2D eigenvalue weighted by Crippen LogP contribution is 2.38. The number of carbonyl (C=O) groups excluding carboxylic acids is 1. The Balaban J connectivity index is 1.85. The molecule has 0 bridgehead atoms. The van der Waals surface area contributed by atoms with E-state index < -0.39 is 0 Å². The zero-order chi connectivity index (χ0) is 20.1. The maximum Gasteiger partial charge on any atom is 0.248 e. The summed E-state index contributed by atoms with van der Waals surface area (Å²) in [7, 11) is 4.61. The molecule has 0 atom stereocenters. The first-order valence-electron chi connectivity index (χ1n) is 8.39. The monoisotopic (exact) mass is 398 g/mol. The molecule has 144 valence electrons. The van der Waals surface area contributed by atoms with Crippen molar-refractivity contribution in [1.29, 1.82) is 0 Å². The van der Waals surface area contributed by atoms with Crippen LogP contribution < -0.4 is 19.5 Å². The lowest BCUT2D eigenvalue weighted by molar-refractivity contribution is -0.111. The molecule has 0 unspecified atom stereocenters. The average Bonchev–Trinajstić information content (AvgIpc) is 2.71. The van der Waals surface area contributed by atoms with Crippen molar-refractivity contribution < 1.29 is 19.0 Å². The average molecular weight is 399 g/mol. The van der Waals surface area contributed by atoms with Crippen LogP contribution in [0.2, 0.25) is 5.02 Å². The largest absolute Gasteiger partial charge is 0.493 e. The van der Waals surface area contributed by atoms with Gasteiger partial charge in [-0.3, -0.25) is 9.78 Å². The van der Waals surface area contributed by atoms with Gasteiger partial charge in [-0.2, -0.15) is 0 Å². The highest BCUT2D eigenvalue weighted by atomic mass is 35.5. The SMILES string of the molecule is COc1cc(/C=C/C(=O)Nc2cc(Cl)cc3cccnc23)cc(OC)c1OC. The second-order valence-electron chi connectivity index (χ2n) is 5.81. The number of ether oxygens (including phenoxy) is 3. The molecule has 7 heteroatoms. The quantitative estimate of drug-likeness (QED) is 0.616. The number of carbonyl (C=O) groups is 1. The highest BCUT2D eigenvalue weighted by Gasteiger charge is 2.12. The summed E-state index contributed by atoms with van der Waals surface area (Å²) in [4.78, 5) is 16.7. The number of halogens is 1. The number of anilines is 1. The molecule has 3 rings (SSSR count). The van der Waals surface area contributed by atoms with Crippen LogP contribution in [0.3, 0.4) is 0 Å². The Morgan fingerprint density at radius 3 is 2.43 bits per heavy atom. The molecule has 0 saturated carbocycles. The lowest BCUT2D eigenvalue weighted by Gasteiger charge is -2.12. The van der Waals surface area contributed by atoms with Crippen molar-refractivity contribution in [2.75, 3.05) is 26.6 Å². The fraction of sp³-hybridized carbons (Fsp3) is 0.143. The summed E-state index contributed by atoms with van der Waals surface area (Å²) in [6.07, 6.45) is 4.73. The van der Waals surface area contributed by atoms with Crippen molar-refractivity contribution in [3.63, 3.8) is 0 Å². The lowest BCUT2D eigenvalue weighted by atomic mass is 10.1. The van der Waals surface area contributed by atoms with Crippen molar-refractivity contribution in [1.82, 2.24) is 4.98 Å². The number of pyridine rings is 1. The van der Waals surface area contributed by atoms with E-state index in [1.54, 1.807) is 36.5 Å². The molecule has 3 aromatic rings. The first-order chi connectivity index (χ1) is 13.5. The van der Waals surface area contributed by atoms with Crippen LogP contribution in [0.1, 0.15) is 5.56 Å². The smallest absolute Gasteiger partial charge is 0.248 e. The van der Waals surface area contributed by atoms with Crippen LogP contribution in [-0.2, 0) is 4.79 Å². The normalized spacial score (nSPS) is 10.9. The molecule has 1 N–H and O–H groups in total. The zero-order valence-corrected chi connectivity index (χ0v) is 16.4. The van der Waals surface area contributed by atoms with Crippen LogP contribution in [0.25, 0.3) is 17.0 Å². The minimum Gasteiger partial charge on any atom is -0.493 e. The predicted octanol–water partition coefficient (Wildman–Crippen LogP) is 4.57. The predicted molar refractivity (Wildman–Crippen MR) is 111 cm³/mol. The van der Waals surface area contributed by atoms with E-state index in [2.05, 4.69) is 10.3 Å². The molecule has 0 aliphatic rings. The van der Waals surface area contributed by atoms with Gasteiger partial charge < -0.3 is 19.5 Å². The van der Waals surface area contributed by atoms with Crippen molar-refractivity contribution in [3.05, 3.63) is 59.3 Å². The molecule has 2 aromatic carbocycles. The van der Waals surface area contributed by atoms with Crippen LogP contribution in [0, 0.1) is 0 Å². The van der Waals surface area contributed by atoms with E-state index in [1.165, 1.54) is 27.4 Å².